The number of ketones is 1. The highest BCUT2D eigenvalue weighted by Crippen LogP contribution is 2.49. The van der Waals surface area contributed by atoms with Gasteiger partial charge in [-0.25, -0.2) is 9.59 Å². The maximum absolute atomic E-state index is 13.1. The van der Waals surface area contributed by atoms with Gasteiger partial charge in [-0.05, 0) is 64.4 Å². The van der Waals surface area contributed by atoms with Crippen LogP contribution in [-0.4, -0.2) is 35.6 Å². The summed E-state index contributed by atoms with van der Waals surface area (Å²) in [6.07, 6.45) is 10.3. The zero-order valence-corrected chi connectivity index (χ0v) is 21.7. The molecule has 0 spiro atoms. The molecule has 0 saturated heterocycles. The predicted octanol–water partition coefficient (Wildman–Crippen LogP) is 6.41. The lowest BCUT2D eigenvalue weighted by atomic mass is 9.63. The molecule has 2 aliphatic carbocycles. The van der Waals surface area contributed by atoms with Gasteiger partial charge in [0.25, 0.3) is 0 Å². The lowest BCUT2D eigenvalue weighted by molar-refractivity contribution is -0.158. The average molecular weight is 464 g/mol. The minimum absolute atomic E-state index is 0.0887. The number of ether oxygens (including phenoxy) is 2. The third-order valence-electron chi connectivity index (χ3n) is 6.96. The van der Waals surface area contributed by atoms with Crippen molar-refractivity contribution >= 4 is 17.8 Å². The molecule has 0 aromatic heterocycles. The van der Waals surface area contributed by atoms with Gasteiger partial charge in [0.2, 0.25) is 0 Å². The Hall–Kier alpha value is -1.85. The Balaban J connectivity index is 2.05. The Morgan fingerprint density at radius 1 is 1.12 bits per heavy atom. The zero-order valence-electron chi connectivity index (χ0n) is 21.7. The summed E-state index contributed by atoms with van der Waals surface area (Å²) in [7, 11) is 0. The molecule has 1 fully saturated rings. The van der Waals surface area contributed by atoms with Gasteiger partial charge < -0.3 is 14.8 Å². The summed E-state index contributed by atoms with van der Waals surface area (Å²) in [4.78, 5) is 38.5. The molecule has 33 heavy (non-hydrogen) atoms. The standard InChI is InChI=1S/C27H45NO5/c1-7-8-9-10-11-12-16-21(28-25(31)33-26(3,4)5)24(30)32-22-18-27(6)17-14-13-15-20(27)19(2)23(22)29/h21-22H,7-18H2,1-6H3,(H,28,31)/t21?,22-,27+/m1/s1. The predicted molar refractivity (Wildman–Crippen MR) is 130 cm³/mol. The maximum atomic E-state index is 13.1. The fraction of sp³-hybridized carbons (Fsp3) is 0.815. The van der Waals surface area contributed by atoms with Gasteiger partial charge in [-0.15, -0.1) is 0 Å². The van der Waals surface area contributed by atoms with E-state index in [4.69, 9.17) is 9.47 Å². The minimum atomic E-state index is -0.816. The van der Waals surface area contributed by atoms with Crippen molar-refractivity contribution in [2.45, 2.75) is 136 Å². The highest BCUT2D eigenvalue weighted by Gasteiger charge is 2.44. The van der Waals surface area contributed by atoms with Gasteiger partial charge in [-0.2, -0.15) is 0 Å². The first-order valence-electron chi connectivity index (χ1n) is 12.9. The number of fused-ring (bicyclic) bond motifs is 1. The summed E-state index contributed by atoms with van der Waals surface area (Å²) < 4.78 is 11.1. The van der Waals surface area contributed by atoms with E-state index in [9.17, 15) is 14.4 Å². The Bertz CT molecular complexity index is 735. The number of esters is 1. The number of hydrogen-bond acceptors (Lipinski definition) is 5. The van der Waals surface area contributed by atoms with Gasteiger partial charge in [0.15, 0.2) is 11.9 Å². The van der Waals surface area contributed by atoms with Gasteiger partial charge in [0.05, 0.1) is 0 Å². The van der Waals surface area contributed by atoms with Crippen molar-refractivity contribution in [2.24, 2.45) is 5.41 Å². The molecule has 1 unspecified atom stereocenters. The highest BCUT2D eigenvalue weighted by atomic mass is 16.6. The number of rotatable bonds is 10. The monoisotopic (exact) mass is 463 g/mol. The number of amides is 1. The van der Waals surface area contributed by atoms with E-state index in [0.29, 0.717) is 12.8 Å². The molecular weight excluding hydrogens is 418 g/mol. The van der Waals surface area contributed by atoms with E-state index in [1.54, 1.807) is 20.8 Å². The first-order valence-corrected chi connectivity index (χ1v) is 12.9. The van der Waals surface area contributed by atoms with Gasteiger partial charge in [0.1, 0.15) is 11.6 Å². The molecule has 0 bridgehead atoms. The molecule has 0 aliphatic heterocycles. The summed E-state index contributed by atoms with van der Waals surface area (Å²) in [6.45, 7) is 11.6. The summed E-state index contributed by atoms with van der Waals surface area (Å²) in [5.41, 5.74) is 1.25. The van der Waals surface area contributed by atoms with Crippen molar-refractivity contribution in [3.05, 3.63) is 11.1 Å². The third kappa shape index (κ3) is 8.15. The van der Waals surface area contributed by atoms with E-state index in [1.807, 2.05) is 6.92 Å². The Kier molecular flexibility index (Phi) is 9.99. The molecule has 2 rings (SSSR count). The third-order valence-corrected chi connectivity index (χ3v) is 6.96. The number of allylic oxidation sites excluding steroid dienone is 1. The second-order valence-electron chi connectivity index (χ2n) is 11.1. The fourth-order valence-electron chi connectivity index (χ4n) is 5.17. The van der Waals surface area contributed by atoms with Crippen LogP contribution < -0.4 is 5.32 Å². The quantitative estimate of drug-likeness (QED) is 0.299. The van der Waals surface area contributed by atoms with Crippen LogP contribution in [0.3, 0.4) is 0 Å². The average Bonchev–Trinajstić information content (AvgIpc) is 2.71. The molecule has 6 heteroatoms. The van der Waals surface area contributed by atoms with Gasteiger partial charge in [-0.3, -0.25) is 4.79 Å². The molecule has 0 aromatic rings. The summed E-state index contributed by atoms with van der Waals surface area (Å²) in [5, 5.41) is 2.70. The van der Waals surface area contributed by atoms with Crippen molar-refractivity contribution in [1.29, 1.82) is 0 Å². The van der Waals surface area contributed by atoms with E-state index >= 15 is 0 Å². The normalized spacial score (nSPS) is 24.2. The van der Waals surface area contributed by atoms with Gasteiger partial charge >= 0.3 is 12.1 Å². The van der Waals surface area contributed by atoms with Crippen molar-refractivity contribution in [2.75, 3.05) is 0 Å². The van der Waals surface area contributed by atoms with E-state index in [2.05, 4.69) is 19.2 Å². The number of nitrogens with one attached hydrogen (secondary N) is 1. The molecule has 3 atom stereocenters. The lowest BCUT2D eigenvalue weighted by Crippen LogP contribution is -2.48. The number of hydrogen-bond donors (Lipinski definition) is 1. The topological polar surface area (TPSA) is 81.7 Å². The smallest absolute Gasteiger partial charge is 0.408 e. The van der Waals surface area contributed by atoms with Crippen LogP contribution in [0.4, 0.5) is 4.79 Å². The fourth-order valence-corrected chi connectivity index (χ4v) is 5.17. The molecule has 0 aromatic carbocycles. The molecule has 188 valence electrons. The van der Waals surface area contributed by atoms with E-state index in [1.165, 1.54) is 24.8 Å². The maximum Gasteiger partial charge on any atom is 0.408 e. The molecular formula is C27H45NO5. The van der Waals surface area contributed by atoms with Crippen molar-refractivity contribution in [1.82, 2.24) is 5.32 Å². The number of carbonyl (C=O) groups is 3. The number of alkyl carbamates (subject to hydrolysis) is 1. The van der Waals surface area contributed by atoms with Crippen molar-refractivity contribution in [3.8, 4) is 0 Å². The molecule has 1 N–H and O–H groups in total. The Morgan fingerprint density at radius 2 is 1.79 bits per heavy atom. The van der Waals surface area contributed by atoms with Crippen LogP contribution in [0.15, 0.2) is 11.1 Å². The van der Waals surface area contributed by atoms with Crippen LogP contribution in [0.5, 0.6) is 0 Å². The minimum Gasteiger partial charge on any atom is -0.452 e. The SMILES string of the molecule is CCCCCCCCC(NC(=O)OC(C)(C)C)C(=O)O[C@@H]1C[C@]2(C)CCCCC2=C(C)C1=O. The molecule has 2 aliphatic rings. The van der Waals surface area contributed by atoms with Crippen LogP contribution >= 0.6 is 0 Å². The molecule has 0 heterocycles. The summed E-state index contributed by atoms with van der Waals surface area (Å²) in [6, 6.07) is -0.816. The van der Waals surface area contributed by atoms with Crippen LogP contribution in [0.1, 0.15) is 119 Å². The van der Waals surface area contributed by atoms with E-state index < -0.39 is 29.8 Å². The van der Waals surface area contributed by atoms with Gasteiger partial charge in [-0.1, -0.05) is 64.4 Å². The second kappa shape index (κ2) is 12.0. The first-order chi connectivity index (χ1) is 15.5. The highest BCUT2D eigenvalue weighted by molar-refractivity contribution is 6.01. The van der Waals surface area contributed by atoms with Gasteiger partial charge in [0, 0.05) is 6.42 Å². The van der Waals surface area contributed by atoms with E-state index in [0.717, 1.165) is 50.5 Å². The number of carbonyl (C=O) groups excluding carboxylic acids is 3. The lowest BCUT2D eigenvalue weighted by Gasteiger charge is -2.43. The molecule has 1 saturated carbocycles. The zero-order chi connectivity index (χ0) is 24.6. The Labute approximate surface area is 200 Å². The summed E-state index contributed by atoms with van der Waals surface area (Å²) >= 11 is 0. The van der Waals surface area contributed by atoms with Crippen LogP contribution in [0.25, 0.3) is 0 Å². The second-order valence-corrected chi connectivity index (χ2v) is 11.1. The molecule has 0 radical (unpaired) electrons. The Morgan fingerprint density at radius 3 is 2.45 bits per heavy atom. The van der Waals surface area contributed by atoms with Crippen molar-refractivity contribution in [3.63, 3.8) is 0 Å². The van der Waals surface area contributed by atoms with Crippen molar-refractivity contribution < 1.29 is 23.9 Å². The largest absolute Gasteiger partial charge is 0.452 e. The number of Topliss-reactive ketones (excluding diaryl/α,β-unsaturated/α-hetero) is 1. The van der Waals surface area contributed by atoms with Crippen LogP contribution in [0, 0.1) is 5.41 Å². The first kappa shape index (κ1) is 27.4. The molecule has 6 nitrogen and oxygen atoms in total. The van der Waals surface area contributed by atoms with Crippen LogP contribution in [0.2, 0.25) is 0 Å². The molecule has 1 amide bonds. The number of unbranched alkanes of at least 4 members (excludes halogenated alkanes) is 5. The van der Waals surface area contributed by atoms with E-state index in [-0.39, 0.29) is 11.2 Å². The summed E-state index contributed by atoms with van der Waals surface area (Å²) in [5.74, 6) is -0.628. The van der Waals surface area contributed by atoms with Crippen LogP contribution in [-0.2, 0) is 19.1 Å².